The molecule has 0 spiro atoms. The van der Waals surface area contributed by atoms with Gasteiger partial charge in [0, 0.05) is 0 Å². The zero-order valence-corrected chi connectivity index (χ0v) is 15.9. The summed E-state index contributed by atoms with van der Waals surface area (Å²) in [6.45, 7) is 6.40. The number of carbonyl (C=O) groups excluding carboxylic acids is 1. The van der Waals surface area contributed by atoms with Gasteiger partial charge in [-0.25, -0.2) is 5.43 Å². The zero-order chi connectivity index (χ0) is 19.6. The van der Waals surface area contributed by atoms with Gasteiger partial charge in [0.05, 0.1) is 12.8 Å². The number of nitrogens with one attached hydrogen (secondary N) is 1. The van der Waals surface area contributed by atoms with Crippen LogP contribution in [0.3, 0.4) is 0 Å². The van der Waals surface area contributed by atoms with Crippen LogP contribution in [0.25, 0.3) is 0 Å². The van der Waals surface area contributed by atoms with Gasteiger partial charge in [0.15, 0.2) is 18.1 Å². The molecule has 0 fully saturated rings. The molecule has 6 nitrogen and oxygen atoms in total. The fourth-order valence-corrected chi connectivity index (χ4v) is 2.48. The number of phenolic OH excluding ortho intramolecular Hbond substituents is 1. The molecule has 0 saturated heterocycles. The maximum absolute atomic E-state index is 12.0. The third-order valence-corrected chi connectivity index (χ3v) is 4.11. The fraction of sp³-hybridized carbons (Fsp3) is 0.333. The van der Waals surface area contributed by atoms with Crippen LogP contribution >= 0.6 is 0 Å². The molecule has 0 saturated carbocycles. The molecule has 0 aliphatic carbocycles. The third kappa shape index (κ3) is 6.02. The number of hydrazone groups is 1. The number of para-hydroxylation sites is 1. The van der Waals surface area contributed by atoms with E-state index in [9.17, 15) is 9.90 Å². The van der Waals surface area contributed by atoms with Crippen molar-refractivity contribution in [1.29, 1.82) is 0 Å². The number of carbonyl (C=O) groups is 1. The molecule has 0 bridgehead atoms. The number of benzene rings is 2. The first kappa shape index (κ1) is 20.3. The van der Waals surface area contributed by atoms with Crippen LogP contribution in [-0.2, 0) is 4.79 Å². The molecule has 0 heterocycles. The first-order chi connectivity index (χ1) is 13.0. The Morgan fingerprint density at radius 3 is 2.70 bits per heavy atom. The molecule has 2 aromatic rings. The number of aromatic hydroxyl groups is 1. The summed E-state index contributed by atoms with van der Waals surface area (Å²) in [7, 11) is 0. The molecule has 0 aliphatic heterocycles. The van der Waals surface area contributed by atoms with Crippen LogP contribution in [0.15, 0.2) is 47.6 Å². The molecule has 0 radical (unpaired) electrons. The van der Waals surface area contributed by atoms with Gasteiger partial charge in [-0.1, -0.05) is 32.0 Å². The summed E-state index contributed by atoms with van der Waals surface area (Å²) >= 11 is 0. The van der Waals surface area contributed by atoms with Gasteiger partial charge in [0.2, 0.25) is 0 Å². The van der Waals surface area contributed by atoms with Gasteiger partial charge in [-0.15, -0.1) is 0 Å². The summed E-state index contributed by atoms with van der Waals surface area (Å²) in [5, 5.41) is 13.6. The standard InChI is InChI=1S/C21H26N2O4/c1-4-15(3)17-8-6-7-9-19(17)27-14-21(25)23-22-13-16-10-11-18(24)20(12-16)26-5-2/h6-13,15,24H,4-5,14H2,1-3H3,(H,23,25)/b22-13+. The van der Waals surface area contributed by atoms with E-state index in [1.54, 1.807) is 12.1 Å². The molecule has 0 aromatic heterocycles. The third-order valence-electron chi connectivity index (χ3n) is 4.11. The average molecular weight is 370 g/mol. The van der Waals surface area contributed by atoms with Gasteiger partial charge in [0.1, 0.15) is 5.75 Å². The number of hydrogen-bond acceptors (Lipinski definition) is 5. The second-order valence-electron chi connectivity index (χ2n) is 6.09. The summed E-state index contributed by atoms with van der Waals surface area (Å²) < 4.78 is 11.0. The number of amides is 1. The van der Waals surface area contributed by atoms with E-state index < -0.39 is 0 Å². The molecule has 1 unspecified atom stereocenters. The number of ether oxygens (including phenoxy) is 2. The lowest BCUT2D eigenvalue weighted by Gasteiger charge is -2.15. The molecule has 6 heteroatoms. The van der Waals surface area contributed by atoms with Crippen molar-refractivity contribution in [3.05, 3.63) is 53.6 Å². The minimum Gasteiger partial charge on any atom is -0.504 e. The molecular formula is C21H26N2O4. The van der Waals surface area contributed by atoms with Crippen molar-refractivity contribution in [3.63, 3.8) is 0 Å². The van der Waals surface area contributed by atoms with E-state index in [1.165, 1.54) is 12.3 Å². The van der Waals surface area contributed by atoms with Crippen LogP contribution < -0.4 is 14.9 Å². The Morgan fingerprint density at radius 2 is 1.96 bits per heavy atom. The van der Waals surface area contributed by atoms with Crippen LogP contribution in [0.5, 0.6) is 17.2 Å². The Labute approximate surface area is 159 Å². The lowest BCUT2D eigenvalue weighted by molar-refractivity contribution is -0.123. The van der Waals surface area contributed by atoms with Gasteiger partial charge in [-0.3, -0.25) is 4.79 Å². The molecular weight excluding hydrogens is 344 g/mol. The Hall–Kier alpha value is -3.02. The van der Waals surface area contributed by atoms with Gasteiger partial charge < -0.3 is 14.6 Å². The van der Waals surface area contributed by atoms with Crippen molar-refractivity contribution < 1.29 is 19.4 Å². The molecule has 0 aliphatic rings. The number of hydrogen-bond donors (Lipinski definition) is 2. The first-order valence-electron chi connectivity index (χ1n) is 9.04. The van der Waals surface area contributed by atoms with Gasteiger partial charge in [0.25, 0.3) is 5.91 Å². The van der Waals surface area contributed by atoms with Crippen molar-refractivity contribution >= 4 is 12.1 Å². The predicted octanol–water partition coefficient (Wildman–Crippen LogP) is 3.83. The van der Waals surface area contributed by atoms with Crippen molar-refractivity contribution in [2.45, 2.75) is 33.1 Å². The largest absolute Gasteiger partial charge is 0.504 e. The maximum atomic E-state index is 12.0. The predicted molar refractivity (Wildman–Crippen MR) is 106 cm³/mol. The maximum Gasteiger partial charge on any atom is 0.277 e. The molecule has 144 valence electrons. The lowest BCUT2D eigenvalue weighted by atomic mass is 9.98. The fourth-order valence-electron chi connectivity index (χ4n) is 2.48. The van der Waals surface area contributed by atoms with Crippen LogP contribution in [0.4, 0.5) is 0 Å². The molecule has 2 N–H and O–H groups in total. The van der Waals surface area contributed by atoms with Gasteiger partial charge >= 0.3 is 0 Å². The highest BCUT2D eigenvalue weighted by atomic mass is 16.5. The van der Waals surface area contributed by atoms with Crippen LogP contribution in [0.1, 0.15) is 44.2 Å². The van der Waals surface area contributed by atoms with Crippen LogP contribution in [0.2, 0.25) is 0 Å². The monoisotopic (exact) mass is 370 g/mol. The topological polar surface area (TPSA) is 80.2 Å². The quantitative estimate of drug-likeness (QED) is 0.519. The molecule has 27 heavy (non-hydrogen) atoms. The van der Waals surface area contributed by atoms with E-state index in [2.05, 4.69) is 24.4 Å². The highest BCUT2D eigenvalue weighted by Crippen LogP contribution is 2.28. The SMILES string of the molecule is CCOc1cc(/C=N/NC(=O)COc2ccccc2C(C)CC)ccc1O. The Bertz CT molecular complexity index is 790. The minimum atomic E-state index is -0.353. The van der Waals surface area contributed by atoms with E-state index in [0.717, 1.165) is 12.0 Å². The van der Waals surface area contributed by atoms with E-state index in [-0.39, 0.29) is 18.3 Å². The second kappa shape index (κ2) is 10.2. The minimum absolute atomic E-state index is 0.0615. The normalized spacial score (nSPS) is 12.0. The van der Waals surface area contributed by atoms with E-state index in [0.29, 0.717) is 29.6 Å². The van der Waals surface area contributed by atoms with Crippen molar-refractivity contribution in [3.8, 4) is 17.2 Å². The summed E-state index contributed by atoms with van der Waals surface area (Å²) in [6.07, 6.45) is 2.47. The van der Waals surface area contributed by atoms with Crippen LogP contribution in [-0.4, -0.2) is 30.4 Å². The summed E-state index contributed by atoms with van der Waals surface area (Å²) in [4.78, 5) is 12.0. The molecule has 1 atom stereocenters. The highest BCUT2D eigenvalue weighted by Gasteiger charge is 2.11. The first-order valence-corrected chi connectivity index (χ1v) is 9.04. The van der Waals surface area contributed by atoms with E-state index in [1.807, 2.05) is 31.2 Å². The van der Waals surface area contributed by atoms with Crippen molar-refractivity contribution in [2.75, 3.05) is 13.2 Å². The van der Waals surface area contributed by atoms with E-state index >= 15 is 0 Å². The summed E-state index contributed by atoms with van der Waals surface area (Å²) in [5.74, 6) is 1.15. The number of nitrogens with zero attached hydrogens (tertiary/aromatic N) is 1. The van der Waals surface area contributed by atoms with Gasteiger partial charge in [-0.2, -0.15) is 5.10 Å². The Kier molecular flexibility index (Phi) is 7.67. The number of rotatable bonds is 9. The average Bonchev–Trinajstić information content (AvgIpc) is 2.68. The molecule has 2 rings (SSSR count). The molecule has 2 aromatic carbocycles. The van der Waals surface area contributed by atoms with Crippen LogP contribution in [0, 0.1) is 0 Å². The Morgan fingerprint density at radius 1 is 1.19 bits per heavy atom. The van der Waals surface area contributed by atoms with Crippen molar-refractivity contribution in [1.82, 2.24) is 5.43 Å². The van der Waals surface area contributed by atoms with E-state index in [4.69, 9.17) is 9.47 Å². The summed E-state index contributed by atoms with van der Waals surface area (Å²) in [5.41, 5.74) is 4.21. The molecule has 1 amide bonds. The second-order valence-corrected chi connectivity index (χ2v) is 6.09. The smallest absolute Gasteiger partial charge is 0.277 e. The lowest BCUT2D eigenvalue weighted by Crippen LogP contribution is -2.25. The summed E-state index contributed by atoms with van der Waals surface area (Å²) in [6, 6.07) is 12.6. The van der Waals surface area contributed by atoms with Gasteiger partial charge in [-0.05, 0) is 54.7 Å². The van der Waals surface area contributed by atoms with Crippen molar-refractivity contribution in [2.24, 2.45) is 5.10 Å². The zero-order valence-electron chi connectivity index (χ0n) is 15.9. The Balaban J connectivity index is 1.90. The number of phenols is 1. The highest BCUT2D eigenvalue weighted by molar-refractivity contribution is 5.83.